The summed E-state index contributed by atoms with van der Waals surface area (Å²) in [6.07, 6.45) is 1.65. The van der Waals surface area contributed by atoms with E-state index in [9.17, 15) is 5.11 Å². The van der Waals surface area contributed by atoms with E-state index in [2.05, 4.69) is 84.4 Å². The minimum absolute atomic E-state index is 0.0247. The molecule has 0 aliphatic carbocycles. The van der Waals surface area contributed by atoms with Gasteiger partial charge in [-0.1, -0.05) is 63.2 Å². The average molecular weight is 438 g/mol. The normalized spacial score (nSPS) is 11.9. The molecular weight excluding hydrogens is 410 g/mol. The molecule has 0 aliphatic heterocycles. The van der Waals surface area contributed by atoms with Gasteiger partial charge in [-0.3, -0.25) is 4.40 Å². The number of hydrogen-bond acceptors (Lipinski definition) is 5. The van der Waals surface area contributed by atoms with Gasteiger partial charge in [0.1, 0.15) is 12.1 Å². The maximum Gasteiger partial charge on any atom is 0.257 e. The van der Waals surface area contributed by atoms with E-state index in [1.807, 2.05) is 29.6 Å². The first-order chi connectivity index (χ1) is 15.8. The molecule has 166 valence electrons. The lowest BCUT2D eigenvalue weighted by Crippen LogP contribution is -2.13. The predicted octanol–water partition coefficient (Wildman–Crippen LogP) is 5.50. The quantitative estimate of drug-likeness (QED) is 0.402. The minimum Gasteiger partial charge on any atom is -0.392 e. The lowest BCUT2D eigenvalue weighted by atomic mass is 9.86. The van der Waals surface area contributed by atoms with Gasteiger partial charge in [-0.25, -0.2) is 0 Å². The Morgan fingerprint density at radius 2 is 1.73 bits per heavy atom. The second-order valence-corrected chi connectivity index (χ2v) is 9.38. The van der Waals surface area contributed by atoms with Crippen LogP contribution in [0.15, 0.2) is 73.1 Å². The summed E-state index contributed by atoms with van der Waals surface area (Å²) < 4.78 is 1.85. The summed E-state index contributed by atoms with van der Waals surface area (Å²) in [5, 5.41) is 18.8. The molecule has 6 nitrogen and oxygen atoms in total. The first-order valence-electron chi connectivity index (χ1n) is 11.0. The third-order valence-corrected chi connectivity index (χ3v) is 6.12. The number of rotatable bonds is 4. The van der Waals surface area contributed by atoms with Gasteiger partial charge in [0.05, 0.1) is 12.1 Å². The number of benzene rings is 3. The molecule has 0 spiro atoms. The molecule has 5 aromatic rings. The molecule has 6 heteroatoms. The fraction of sp³-hybridized carbons (Fsp3) is 0.222. The van der Waals surface area contributed by atoms with Crippen LogP contribution in [0.3, 0.4) is 0 Å². The van der Waals surface area contributed by atoms with Gasteiger partial charge in [0.15, 0.2) is 0 Å². The van der Waals surface area contributed by atoms with Gasteiger partial charge in [-0.05, 0) is 51.9 Å². The molecule has 0 radical (unpaired) electrons. The topological polar surface area (TPSA) is 66.6 Å². The lowest BCUT2D eigenvalue weighted by Gasteiger charge is -2.22. The van der Waals surface area contributed by atoms with Gasteiger partial charge in [-0.15, -0.1) is 10.2 Å². The van der Waals surface area contributed by atoms with Crippen molar-refractivity contribution in [3.63, 3.8) is 0 Å². The summed E-state index contributed by atoms with van der Waals surface area (Å²) in [5.41, 5.74) is 6.54. The number of hydrogen-bond donors (Lipinski definition) is 1. The van der Waals surface area contributed by atoms with Crippen LogP contribution in [0.5, 0.6) is 0 Å². The number of aromatic nitrogens is 4. The Kier molecular flexibility index (Phi) is 5.10. The zero-order valence-electron chi connectivity index (χ0n) is 19.3. The molecule has 3 aromatic carbocycles. The molecular formula is C27H27N5O. The van der Waals surface area contributed by atoms with E-state index in [-0.39, 0.29) is 12.0 Å². The van der Waals surface area contributed by atoms with Crippen molar-refractivity contribution < 1.29 is 5.11 Å². The Morgan fingerprint density at radius 1 is 0.939 bits per heavy atom. The first kappa shape index (κ1) is 21.1. The third-order valence-electron chi connectivity index (χ3n) is 6.12. The molecule has 0 atom stereocenters. The van der Waals surface area contributed by atoms with Crippen LogP contribution >= 0.6 is 0 Å². The van der Waals surface area contributed by atoms with Crippen LogP contribution in [-0.2, 0) is 12.0 Å². The van der Waals surface area contributed by atoms with E-state index in [0.717, 1.165) is 33.5 Å². The van der Waals surface area contributed by atoms with Crippen LogP contribution in [0.25, 0.3) is 27.8 Å². The fourth-order valence-corrected chi connectivity index (χ4v) is 4.13. The summed E-state index contributed by atoms with van der Waals surface area (Å²) in [6.45, 7) is 6.66. The second kappa shape index (κ2) is 7.98. The SMILES string of the molecule is CN(c1cccc(-c2ccc(C(C)(C)C)cc2)c1)c1nc2nncn2c2cc(CO)ccc12. The molecule has 5 rings (SSSR count). The summed E-state index contributed by atoms with van der Waals surface area (Å²) in [6, 6.07) is 23.1. The molecule has 0 fully saturated rings. The van der Waals surface area contributed by atoms with Crippen LogP contribution in [-0.4, -0.2) is 31.7 Å². The Labute approximate surface area is 193 Å². The van der Waals surface area contributed by atoms with Crippen molar-refractivity contribution in [2.24, 2.45) is 0 Å². The highest BCUT2D eigenvalue weighted by atomic mass is 16.3. The van der Waals surface area contributed by atoms with E-state index in [1.165, 1.54) is 11.1 Å². The number of anilines is 2. The molecule has 2 heterocycles. The molecule has 0 bridgehead atoms. The van der Waals surface area contributed by atoms with E-state index < -0.39 is 0 Å². The van der Waals surface area contributed by atoms with Gasteiger partial charge >= 0.3 is 0 Å². The van der Waals surface area contributed by atoms with Crippen LogP contribution in [0, 0.1) is 0 Å². The first-order valence-corrected chi connectivity index (χ1v) is 11.0. The number of aliphatic hydroxyl groups is 1. The maximum atomic E-state index is 9.61. The van der Waals surface area contributed by atoms with E-state index in [0.29, 0.717) is 5.78 Å². The van der Waals surface area contributed by atoms with Gasteiger partial charge in [-0.2, -0.15) is 4.98 Å². The molecule has 33 heavy (non-hydrogen) atoms. The third kappa shape index (κ3) is 3.83. The van der Waals surface area contributed by atoms with Crippen LogP contribution < -0.4 is 4.90 Å². The molecule has 1 N–H and O–H groups in total. The van der Waals surface area contributed by atoms with E-state index >= 15 is 0 Å². The van der Waals surface area contributed by atoms with Crippen molar-refractivity contribution in [1.29, 1.82) is 0 Å². The van der Waals surface area contributed by atoms with E-state index in [1.54, 1.807) is 6.33 Å². The van der Waals surface area contributed by atoms with Crippen molar-refractivity contribution in [3.8, 4) is 11.1 Å². The van der Waals surface area contributed by atoms with Crippen molar-refractivity contribution in [1.82, 2.24) is 19.6 Å². The largest absolute Gasteiger partial charge is 0.392 e. The molecule has 0 saturated carbocycles. The predicted molar refractivity (Wildman–Crippen MR) is 133 cm³/mol. The standard InChI is InChI=1S/C27H27N5O/c1-27(2,3)21-11-9-19(10-12-21)20-6-5-7-22(15-20)31(4)25-23-13-8-18(16-33)14-24(23)32-17-28-30-26(32)29-25/h5-15,17,33H,16H2,1-4H3. The smallest absolute Gasteiger partial charge is 0.257 e. The highest BCUT2D eigenvalue weighted by Crippen LogP contribution is 2.33. The fourth-order valence-electron chi connectivity index (χ4n) is 4.13. The Morgan fingerprint density at radius 3 is 2.45 bits per heavy atom. The van der Waals surface area contributed by atoms with Crippen LogP contribution in [0.1, 0.15) is 31.9 Å². The van der Waals surface area contributed by atoms with Crippen LogP contribution in [0.2, 0.25) is 0 Å². The minimum atomic E-state index is -0.0247. The van der Waals surface area contributed by atoms with Gasteiger partial charge in [0, 0.05) is 18.1 Å². The van der Waals surface area contributed by atoms with Crippen molar-refractivity contribution in [3.05, 3.63) is 84.2 Å². The van der Waals surface area contributed by atoms with Crippen molar-refractivity contribution in [2.75, 3.05) is 11.9 Å². The van der Waals surface area contributed by atoms with E-state index in [4.69, 9.17) is 4.98 Å². The Hall–Kier alpha value is -3.77. The summed E-state index contributed by atoms with van der Waals surface area (Å²) >= 11 is 0. The highest BCUT2D eigenvalue weighted by molar-refractivity contribution is 5.94. The number of fused-ring (bicyclic) bond motifs is 3. The van der Waals surface area contributed by atoms with Crippen molar-refractivity contribution in [2.45, 2.75) is 32.8 Å². The highest BCUT2D eigenvalue weighted by Gasteiger charge is 2.16. The molecule has 0 aliphatic rings. The summed E-state index contributed by atoms with van der Waals surface area (Å²) in [7, 11) is 2.01. The molecule has 0 saturated heterocycles. The second-order valence-electron chi connectivity index (χ2n) is 9.38. The Balaban J connectivity index is 1.58. The maximum absolute atomic E-state index is 9.61. The Bertz CT molecular complexity index is 1450. The number of nitrogens with zero attached hydrogens (tertiary/aromatic N) is 5. The molecule has 2 aromatic heterocycles. The van der Waals surface area contributed by atoms with Gasteiger partial charge in [0.2, 0.25) is 0 Å². The molecule has 0 amide bonds. The summed E-state index contributed by atoms with van der Waals surface area (Å²) in [5.74, 6) is 1.31. The zero-order valence-corrected chi connectivity index (χ0v) is 19.3. The molecule has 0 unspecified atom stereocenters. The zero-order chi connectivity index (χ0) is 23.2. The van der Waals surface area contributed by atoms with Gasteiger partial charge in [0.25, 0.3) is 5.78 Å². The average Bonchev–Trinajstić information content (AvgIpc) is 3.31. The van der Waals surface area contributed by atoms with Crippen molar-refractivity contribution >= 4 is 28.2 Å². The van der Waals surface area contributed by atoms with Crippen LogP contribution in [0.4, 0.5) is 11.5 Å². The monoisotopic (exact) mass is 437 g/mol. The lowest BCUT2D eigenvalue weighted by molar-refractivity contribution is 0.282. The summed E-state index contributed by atoms with van der Waals surface area (Å²) in [4.78, 5) is 6.86. The number of aliphatic hydroxyl groups excluding tert-OH is 1. The van der Waals surface area contributed by atoms with Gasteiger partial charge < -0.3 is 10.0 Å².